The molecule has 0 N–H and O–H groups in total. The van der Waals surface area contributed by atoms with E-state index in [0.29, 0.717) is 0 Å². The second-order valence-corrected chi connectivity index (χ2v) is 6.49. The summed E-state index contributed by atoms with van der Waals surface area (Å²) in [5, 5.41) is 0. The van der Waals surface area contributed by atoms with Crippen LogP contribution in [0.15, 0.2) is 24.3 Å². The molecule has 0 aromatic heterocycles. The molecule has 0 aliphatic rings. The Bertz CT molecular complexity index is 403. The van der Waals surface area contributed by atoms with E-state index in [1.165, 1.54) is 5.56 Å². The highest BCUT2D eigenvalue weighted by Crippen LogP contribution is 2.13. The van der Waals surface area contributed by atoms with Crippen LogP contribution in [-0.4, -0.2) is 55.7 Å². The van der Waals surface area contributed by atoms with E-state index >= 15 is 0 Å². The summed E-state index contributed by atoms with van der Waals surface area (Å²) in [4.78, 5) is 16.2. The van der Waals surface area contributed by atoms with Crippen molar-refractivity contribution in [1.82, 2.24) is 9.80 Å². The summed E-state index contributed by atoms with van der Waals surface area (Å²) < 4.78 is 0. The maximum atomic E-state index is 12.3. The zero-order valence-corrected chi connectivity index (χ0v) is 13.9. The van der Waals surface area contributed by atoms with E-state index in [-0.39, 0.29) is 5.91 Å². The molecule has 0 unspecified atom stereocenters. The Labute approximate surface area is 127 Å². The Morgan fingerprint density at radius 2 is 1.75 bits per heavy atom. The molecule has 0 bridgehead atoms. The van der Waals surface area contributed by atoms with Crippen LogP contribution in [0.25, 0.3) is 0 Å². The molecular formula is C16H26N2OS. The Balaban J connectivity index is 2.49. The lowest BCUT2D eigenvalue weighted by Crippen LogP contribution is -2.29. The first-order valence-electron chi connectivity index (χ1n) is 7.11. The van der Waals surface area contributed by atoms with E-state index in [9.17, 15) is 4.79 Å². The fourth-order valence-electron chi connectivity index (χ4n) is 1.91. The van der Waals surface area contributed by atoms with E-state index in [1.807, 2.05) is 30.9 Å². The van der Waals surface area contributed by atoms with Gasteiger partial charge in [-0.15, -0.1) is 0 Å². The monoisotopic (exact) mass is 294 g/mol. The topological polar surface area (TPSA) is 23.6 Å². The van der Waals surface area contributed by atoms with Crippen molar-refractivity contribution in [3.63, 3.8) is 0 Å². The average molecular weight is 294 g/mol. The number of hydrogen-bond donors (Lipinski definition) is 0. The minimum Gasteiger partial charge on any atom is -0.342 e. The van der Waals surface area contributed by atoms with Gasteiger partial charge in [0.1, 0.15) is 0 Å². The van der Waals surface area contributed by atoms with Crippen LogP contribution in [0.5, 0.6) is 0 Å². The second-order valence-electron chi connectivity index (χ2n) is 5.22. The van der Waals surface area contributed by atoms with E-state index in [1.54, 1.807) is 4.90 Å². The Hall–Kier alpha value is -1.00. The van der Waals surface area contributed by atoms with Crippen molar-refractivity contribution >= 4 is 17.7 Å². The number of hydrogen-bond acceptors (Lipinski definition) is 3. The Morgan fingerprint density at radius 3 is 2.30 bits per heavy atom. The number of nitrogens with zero attached hydrogens (tertiary/aromatic N) is 2. The van der Waals surface area contributed by atoms with Gasteiger partial charge in [0, 0.05) is 24.9 Å². The molecule has 112 valence electrons. The lowest BCUT2D eigenvalue weighted by atomic mass is 10.1. The predicted molar refractivity (Wildman–Crippen MR) is 88.4 cm³/mol. The second kappa shape index (κ2) is 9.03. The Morgan fingerprint density at radius 1 is 1.10 bits per heavy atom. The first-order chi connectivity index (χ1) is 9.54. The fraction of sp³-hybridized carbons (Fsp3) is 0.562. The number of amides is 1. The molecule has 0 atom stereocenters. The lowest BCUT2D eigenvalue weighted by molar-refractivity contribution is 0.0790. The van der Waals surface area contributed by atoms with Gasteiger partial charge in [0.2, 0.25) is 0 Å². The summed E-state index contributed by atoms with van der Waals surface area (Å²) in [6.45, 7) is 3.96. The molecule has 20 heavy (non-hydrogen) atoms. The molecule has 0 saturated heterocycles. The van der Waals surface area contributed by atoms with Crippen molar-refractivity contribution in [3.05, 3.63) is 35.4 Å². The van der Waals surface area contributed by atoms with Gasteiger partial charge in [-0.05, 0) is 50.5 Å². The molecule has 1 rings (SSSR count). The molecule has 1 aromatic rings. The predicted octanol–water partition coefficient (Wildman–Crippen LogP) is 2.96. The first-order valence-corrected chi connectivity index (χ1v) is 8.27. The van der Waals surface area contributed by atoms with Gasteiger partial charge < -0.3 is 9.80 Å². The molecule has 0 heterocycles. The maximum absolute atomic E-state index is 12.3. The number of benzene rings is 1. The van der Waals surface area contributed by atoms with Gasteiger partial charge >= 0.3 is 0 Å². The van der Waals surface area contributed by atoms with Crippen molar-refractivity contribution in [2.75, 3.05) is 40.0 Å². The van der Waals surface area contributed by atoms with Gasteiger partial charge in [-0.1, -0.05) is 19.1 Å². The van der Waals surface area contributed by atoms with E-state index in [0.717, 1.165) is 36.6 Å². The summed E-state index contributed by atoms with van der Waals surface area (Å²) in [7, 11) is 5.97. The quantitative estimate of drug-likeness (QED) is 0.736. The smallest absolute Gasteiger partial charge is 0.253 e. The van der Waals surface area contributed by atoms with Gasteiger partial charge in [0.15, 0.2) is 0 Å². The average Bonchev–Trinajstić information content (AvgIpc) is 2.44. The summed E-state index contributed by atoms with van der Waals surface area (Å²) in [5.74, 6) is 2.25. The normalized spacial score (nSPS) is 10.8. The van der Waals surface area contributed by atoms with Crippen LogP contribution in [0.3, 0.4) is 0 Å². The van der Waals surface area contributed by atoms with Crippen molar-refractivity contribution in [1.29, 1.82) is 0 Å². The van der Waals surface area contributed by atoms with Crippen LogP contribution in [0.1, 0.15) is 29.3 Å². The molecular weight excluding hydrogens is 268 g/mol. The largest absolute Gasteiger partial charge is 0.342 e. The van der Waals surface area contributed by atoms with Gasteiger partial charge in [-0.25, -0.2) is 0 Å². The first kappa shape index (κ1) is 17.1. The highest BCUT2D eigenvalue weighted by atomic mass is 32.2. The van der Waals surface area contributed by atoms with E-state index in [4.69, 9.17) is 0 Å². The summed E-state index contributed by atoms with van der Waals surface area (Å²) in [6, 6.07) is 8.00. The van der Waals surface area contributed by atoms with Crippen LogP contribution in [0, 0.1) is 0 Å². The minimum atomic E-state index is 0.110. The van der Waals surface area contributed by atoms with Crippen molar-refractivity contribution in [2.45, 2.75) is 19.1 Å². The zero-order valence-electron chi connectivity index (χ0n) is 13.1. The molecule has 4 heteroatoms. The Kier molecular flexibility index (Phi) is 7.70. The van der Waals surface area contributed by atoms with Crippen LogP contribution >= 0.6 is 11.8 Å². The molecule has 3 nitrogen and oxygen atoms in total. The highest BCUT2D eigenvalue weighted by Gasteiger charge is 2.11. The highest BCUT2D eigenvalue weighted by molar-refractivity contribution is 7.98. The molecule has 0 aliphatic heterocycles. The molecule has 0 spiro atoms. The number of rotatable bonds is 8. The van der Waals surface area contributed by atoms with Crippen LogP contribution in [0.4, 0.5) is 0 Å². The van der Waals surface area contributed by atoms with Crippen molar-refractivity contribution in [2.24, 2.45) is 0 Å². The van der Waals surface area contributed by atoms with Crippen LogP contribution in [0.2, 0.25) is 0 Å². The molecule has 0 fully saturated rings. The zero-order chi connectivity index (χ0) is 15.0. The molecule has 1 aromatic carbocycles. The standard InChI is InChI=1S/C16H26N2OS/c1-5-20-13-14-7-9-15(10-8-14)16(19)18(4)12-6-11-17(2)3/h7-10H,5-6,11-13H2,1-4H3. The van der Waals surface area contributed by atoms with Crippen molar-refractivity contribution < 1.29 is 4.79 Å². The maximum Gasteiger partial charge on any atom is 0.253 e. The molecule has 1 amide bonds. The van der Waals surface area contributed by atoms with Gasteiger partial charge in [0.05, 0.1) is 0 Å². The molecule has 0 radical (unpaired) electrons. The van der Waals surface area contributed by atoms with Gasteiger partial charge in [-0.2, -0.15) is 11.8 Å². The third-order valence-corrected chi connectivity index (χ3v) is 4.06. The van der Waals surface area contributed by atoms with Gasteiger partial charge in [0.25, 0.3) is 5.91 Å². The summed E-state index contributed by atoms with van der Waals surface area (Å²) >= 11 is 1.90. The summed E-state index contributed by atoms with van der Waals surface area (Å²) in [5.41, 5.74) is 2.06. The number of carbonyl (C=O) groups excluding carboxylic acids is 1. The van der Waals surface area contributed by atoms with Crippen LogP contribution in [-0.2, 0) is 5.75 Å². The summed E-state index contributed by atoms with van der Waals surface area (Å²) in [6.07, 6.45) is 1.00. The minimum absolute atomic E-state index is 0.110. The third-order valence-electron chi connectivity index (χ3n) is 3.12. The SMILES string of the molecule is CCSCc1ccc(C(=O)N(C)CCCN(C)C)cc1. The number of carbonyl (C=O) groups is 1. The molecule has 0 saturated carbocycles. The van der Waals surface area contributed by atoms with Gasteiger partial charge in [-0.3, -0.25) is 4.79 Å². The van der Waals surface area contributed by atoms with E-state index < -0.39 is 0 Å². The number of thioether (sulfide) groups is 1. The molecule has 0 aliphatic carbocycles. The fourth-order valence-corrected chi connectivity index (χ4v) is 2.54. The lowest BCUT2D eigenvalue weighted by Gasteiger charge is -2.18. The van der Waals surface area contributed by atoms with E-state index in [2.05, 4.69) is 38.1 Å². The third kappa shape index (κ3) is 5.97. The van der Waals surface area contributed by atoms with Crippen LogP contribution < -0.4 is 0 Å². The van der Waals surface area contributed by atoms with Crippen molar-refractivity contribution in [3.8, 4) is 0 Å².